The van der Waals surface area contributed by atoms with Gasteiger partial charge in [-0.05, 0) is 19.8 Å². The van der Waals surface area contributed by atoms with E-state index in [0.717, 1.165) is 25.7 Å². The highest BCUT2D eigenvalue weighted by molar-refractivity contribution is 5.74. The highest BCUT2D eigenvalue weighted by atomic mass is 16.4. The number of carboxylic acid groups (broad SMARTS) is 1. The van der Waals surface area contributed by atoms with Crippen molar-refractivity contribution >= 4 is 5.97 Å². The van der Waals surface area contributed by atoms with Gasteiger partial charge < -0.3 is 5.11 Å². The second-order valence-electron chi connectivity index (χ2n) is 9.02. The van der Waals surface area contributed by atoms with E-state index in [1.165, 1.54) is 103 Å². The van der Waals surface area contributed by atoms with Crippen LogP contribution in [0, 0.1) is 5.41 Å². The van der Waals surface area contributed by atoms with Crippen LogP contribution in [0.15, 0.2) is 0 Å². The molecule has 0 radical (unpaired) electrons. The van der Waals surface area contributed by atoms with Gasteiger partial charge in [0.25, 0.3) is 0 Å². The zero-order valence-electron chi connectivity index (χ0n) is 19.0. The van der Waals surface area contributed by atoms with Crippen molar-refractivity contribution in [2.24, 2.45) is 5.41 Å². The number of hydrogen-bond acceptors (Lipinski definition) is 1. The fourth-order valence-corrected chi connectivity index (χ4v) is 3.99. The largest absolute Gasteiger partial charge is 0.481 e. The van der Waals surface area contributed by atoms with E-state index >= 15 is 0 Å². The molecule has 0 aromatic heterocycles. The van der Waals surface area contributed by atoms with Gasteiger partial charge in [-0.2, -0.15) is 0 Å². The van der Waals surface area contributed by atoms with Crippen molar-refractivity contribution in [2.45, 2.75) is 149 Å². The predicted molar refractivity (Wildman–Crippen MR) is 119 cm³/mol. The van der Waals surface area contributed by atoms with E-state index < -0.39 is 11.4 Å². The average Bonchev–Trinajstić information content (AvgIpc) is 2.65. The first-order chi connectivity index (χ1) is 13.1. The maximum absolute atomic E-state index is 11.7. The maximum atomic E-state index is 11.7. The molecule has 0 rings (SSSR count). The summed E-state index contributed by atoms with van der Waals surface area (Å²) in [5.74, 6) is -0.586. The highest BCUT2D eigenvalue weighted by Gasteiger charge is 2.31. The summed E-state index contributed by atoms with van der Waals surface area (Å²) in [7, 11) is 0. The number of carbonyl (C=O) groups is 1. The van der Waals surface area contributed by atoms with Gasteiger partial charge in [-0.3, -0.25) is 4.79 Å². The van der Waals surface area contributed by atoms with E-state index in [1.54, 1.807) is 0 Å². The summed E-state index contributed by atoms with van der Waals surface area (Å²) in [6.07, 6.45) is 25.2. The minimum atomic E-state index is -0.586. The van der Waals surface area contributed by atoms with Crippen LogP contribution in [0.5, 0.6) is 0 Å². The third kappa shape index (κ3) is 16.2. The Bertz CT molecular complexity index is 326. The van der Waals surface area contributed by atoms with Gasteiger partial charge in [0.2, 0.25) is 0 Å². The van der Waals surface area contributed by atoms with Crippen LogP contribution in [0.4, 0.5) is 0 Å². The number of hydrogen-bond donors (Lipinski definition) is 1. The fourth-order valence-electron chi connectivity index (χ4n) is 3.99. The average molecular weight is 383 g/mol. The molecular formula is C25H50O2. The number of unbranched alkanes of at least 4 members (excludes halogenated alkanes) is 16. The first kappa shape index (κ1) is 26.5. The van der Waals surface area contributed by atoms with Gasteiger partial charge in [-0.15, -0.1) is 0 Å². The van der Waals surface area contributed by atoms with Crippen LogP contribution in [-0.4, -0.2) is 11.1 Å². The van der Waals surface area contributed by atoms with Gasteiger partial charge in [0.05, 0.1) is 5.41 Å². The summed E-state index contributed by atoms with van der Waals surface area (Å²) >= 11 is 0. The van der Waals surface area contributed by atoms with Crippen molar-refractivity contribution in [2.75, 3.05) is 0 Å². The van der Waals surface area contributed by atoms with Crippen LogP contribution in [0.3, 0.4) is 0 Å². The molecule has 0 bridgehead atoms. The van der Waals surface area contributed by atoms with Gasteiger partial charge in [-0.1, -0.05) is 129 Å². The fraction of sp³-hybridized carbons (Fsp3) is 0.960. The Morgan fingerprint density at radius 1 is 0.556 bits per heavy atom. The first-order valence-corrected chi connectivity index (χ1v) is 12.3. The van der Waals surface area contributed by atoms with Gasteiger partial charge in [0, 0.05) is 0 Å². The summed E-state index contributed by atoms with van der Waals surface area (Å²) in [6.45, 7) is 6.46. The molecule has 0 aromatic carbocycles. The Labute approximate surface area is 170 Å². The minimum absolute atomic E-state index is 0.496. The second-order valence-corrected chi connectivity index (χ2v) is 9.02. The molecule has 1 unspecified atom stereocenters. The second kappa shape index (κ2) is 18.8. The van der Waals surface area contributed by atoms with E-state index in [4.69, 9.17) is 0 Å². The van der Waals surface area contributed by atoms with Crippen LogP contribution < -0.4 is 0 Å². The number of aliphatic carboxylic acids is 1. The van der Waals surface area contributed by atoms with E-state index in [-0.39, 0.29) is 0 Å². The molecule has 0 saturated heterocycles. The third-order valence-electron chi connectivity index (χ3n) is 6.18. The summed E-state index contributed by atoms with van der Waals surface area (Å²) in [4.78, 5) is 11.7. The van der Waals surface area contributed by atoms with Crippen LogP contribution >= 0.6 is 0 Å². The number of carboxylic acids is 1. The summed E-state index contributed by atoms with van der Waals surface area (Å²) in [5, 5.41) is 9.63. The van der Waals surface area contributed by atoms with Crippen LogP contribution in [0.1, 0.15) is 149 Å². The number of rotatable bonds is 21. The molecule has 0 spiro atoms. The van der Waals surface area contributed by atoms with Crippen LogP contribution in [0.25, 0.3) is 0 Å². The third-order valence-corrected chi connectivity index (χ3v) is 6.18. The first-order valence-electron chi connectivity index (χ1n) is 12.3. The van der Waals surface area contributed by atoms with E-state index in [0.29, 0.717) is 0 Å². The lowest BCUT2D eigenvalue weighted by atomic mass is 9.80. The van der Waals surface area contributed by atoms with E-state index in [1.807, 2.05) is 6.92 Å². The SMILES string of the molecule is CCCCCCCCCCCCCCCC(C)(CCCCCCC)C(=O)O. The van der Waals surface area contributed by atoms with Gasteiger partial charge in [0.1, 0.15) is 0 Å². The monoisotopic (exact) mass is 382 g/mol. The molecule has 1 atom stereocenters. The van der Waals surface area contributed by atoms with Gasteiger partial charge in [-0.25, -0.2) is 0 Å². The molecule has 0 fully saturated rings. The molecule has 0 amide bonds. The van der Waals surface area contributed by atoms with Gasteiger partial charge in [0.15, 0.2) is 0 Å². The quantitative estimate of drug-likeness (QED) is 0.201. The maximum Gasteiger partial charge on any atom is 0.309 e. The van der Waals surface area contributed by atoms with Gasteiger partial charge >= 0.3 is 5.97 Å². The summed E-state index contributed by atoms with van der Waals surface area (Å²) in [5.41, 5.74) is -0.496. The Morgan fingerprint density at radius 2 is 0.815 bits per heavy atom. The van der Waals surface area contributed by atoms with Crippen molar-refractivity contribution < 1.29 is 9.90 Å². The minimum Gasteiger partial charge on any atom is -0.481 e. The Morgan fingerprint density at radius 3 is 1.07 bits per heavy atom. The molecule has 0 aliphatic carbocycles. The highest BCUT2D eigenvalue weighted by Crippen LogP contribution is 2.31. The normalized spacial score (nSPS) is 13.6. The molecule has 0 saturated carbocycles. The molecule has 162 valence electrons. The van der Waals surface area contributed by atoms with E-state index in [2.05, 4.69) is 13.8 Å². The molecule has 2 nitrogen and oxygen atoms in total. The molecule has 1 N–H and O–H groups in total. The van der Waals surface area contributed by atoms with E-state index in [9.17, 15) is 9.90 Å². The summed E-state index contributed by atoms with van der Waals surface area (Å²) < 4.78 is 0. The van der Waals surface area contributed by atoms with Crippen LogP contribution in [0.2, 0.25) is 0 Å². The van der Waals surface area contributed by atoms with Crippen LogP contribution in [-0.2, 0) is 4.79 Å². The molecular weight excluding hydrogens is 332 g/mol. The Hall–Kier alpha value is -0.530. The standard InChI is InChI=1S/C25H50O2/c1-4-6-8-10-11-12-13-14-15-16-17-19-21-23-25(3,24(26)27)22-20-18-9-7-5-2/h4-23H2,1-3H3,(H,26,27). The summed E-state index contributed by atoms with van der Waals surface area (Å²) in [6, 6.07) is 0. The van der Waals surface area contributed by atoms with Crippen molar-refractivity contribution in [3.63, 3.8) is 0 Å². The Balaban J connectivity index is 3.57. The zero-order valence-corrected chi connectivity index (χ0v) is 19.0. The van der Waals surface area contributed by atoms with Crippen molar-refractivity contribution in [1.29, 1.82) is 0 Å². The van der Waals surface area contributed by atoms with Crippen molar-refractivity contribution in [3.05, 3.63) is 0 Å². The molecule has 27 heavy (non-hydrogen) atoms. The Kier molecular flexibility index (Phi) is 18.4. The zero-order chi connectivity index (χ0) is 20.2. The molecule has 0 aliphatic heterocycles. The molecule has 0 aromatic rings. The molecule has 0 aliphatic rings. The smallest absolute Gasteiger partial charge is 0.309 e. The van der Waals surface area contributed by atoms with Crippen molar-refractivity contribution in [3.8, 4) is 0 Å². The lowest BCUT2D eigenvalue weighted by molar-refractivity contribution is -0.149. The lowest BCUT2D eigenvalue weighted by Gasteiger charge is -2.24. The van der Waals surface area contributed by atoms with Crippen molar-refractivity contribution in [1.82, 2.24) is 0 Å². The molecule has 2 heteroatoms. The predicted octanol–water partition coefficient (Wildman–Crippen LogP) is 8.92. The molecule has 0 heterocycles. The topological polar surface area (TPSA) is 37.3 Å². The lowest BCUT2D eigenvalue weighted by Crippen LogP contribution is -2.27.